The lowest BCUT2D eigenvalue weighted by molar-refractivity contribution is 0.664. The van der Waals surface area contributed by atoms with E-state index in [1.807, 2.05) is 23.7 Å². The fourth-order valence-electron chi connectivity index (χ4n) is 1.76. The summed E-state index contributed by atoms with van der Waals surface area (Å²) in [5.74, 6) is 1.93. The van der Waals surface area contributed by atoms with Crippen molar-refractivity contribution in [1.82, 2.24) is 20.2 Å². The first kappa shape index (κ1) is 19.3. The van der Waals surface area contributed by atoms with Crippen LogP contribution in [0.5, 0.6) is 0 Å². The normalized spacial score (nSPS) is 11.0. The number of hydrogen-bond donors (Lipinski definition) is 2. The van der Waals surface area contributed by atoms with Crippen molar-refractivity contribution in [2.45, 2.75) is 17.3 Å². The third-order valence-electron chi connectivity index (χ3n) is 2.80. The molecule has 0 aromatic carbocycles. The lowest BCUT2D eigenvalue weighted by Crippen LogP contribution is -2.39. The molecule has 22 heavy (non-hydrogen) atoms. The first-order valence-corrected chi connectivity index (χ1v) is 8.82. The number of rotatable bonds is 8. The van der Waals surface area contributed by atoms with Crippen LogP contribution in [0.15, 0.2) is 45.4 Å². The predicted octanol–water partition coefficient (Wildman–Crippen LogP) is 2.91. The van der Waals surface area contributed by atoms with Gasteiger partial charge in [0.1, 0.15) is 4.34 Å². The minimum Gasteiger partial charge on any atom is -0.356 e. The smallest absolute Gasteiger partial charge is 0.191 e. The molecule has 5 nitrogen and oxygen atoms in total. The van der Waals surface area contributed by atoms with Gasteiger partial charge in [-0.05, 0) is 18.6 Å². The number of guanidine groups is 1. The molecule has 2 rings (SSSR count). The molecule has 0 spiro atoms. The highest BCUT2D eigenvalue weighted by Crippen LogP contribution is 2.20. The van der Waals surface area contributed by atoms with Gasteiger partial charge in [0.05, 0.1) is 0 Å². The van der Waals surface area contributed by atoms with E-state index in [1.54, 1.807) is 30.1 Å². The van der Waals surface area contributed by atoms with E-state index in [0.29, 0.717) is 0 Å². The molecule has 0 saturated carbocycles. The summed E-state index contributed by atoms with van der Waals surface area (Å²) < 4.78 is 3.29. The number of thioether (sulfide) groups is 1. The van der Waals surface area contributed by atoms with E-state index >= 15 is 0 Å². The summed E-state index contributed by atoms with van der Waals surface area (Å²) in [7, 11) is 1.80. The van der Waals surface area contributed by atoms with Gasteiger partial charge in [0.2, 0.25) is 0 Å². The van der Waals surface area contributed by atoms with E-state index in [2.05, 4.69) is 37.6 Å². The Bertz CT molecular complexity index is 513. The number of hydrogen-bond acceptors (Lipinski definition) is 4. The van der Waals surface area contributed by atoms with Crippen molar-refractivity contribution in [3.05, 3.63) is 36.1 Å². The zero-order valence-corrected chi connectivity index (χ0v) is 16.5. The quantitative estimate of drug-likeness (QED) is 0.213. The monoisotopic (exact) mass is 451 g/mol. The predicted molar refractivity (Wildman–Crippen MR) is 107 cm³/mol. The molecule has 2 heterocycles. The average Bonchev–Trinajstić information content (AvgIpc) is 3.18. The van der Waals surface area contributed by atoms with Gasteiger partial charge in [-0.2, -0.15) is 0 Å². The molecule has 0 saturated heterocycles. The van der Waals surface area contributed by atoms with Gasteiger partial charge in [-0.15, -0.1) is 35.3 Å². The van der Waals surface area contributed by atoms with Crippen LogP contribution in [0, 0.1) is 0 Å². The van der Waals surface area contributed by atoms with Crippen LogP contribution in [0.25, 0.3) is 0 Å². The molecule has 2 aromatic rings. The number of nitrogens with one attached hydrogen (secondary N) is 2. The Kier molecular flexibility index (Phi) is 10.3. The number of aliphatic imine (C=N–C) groups is 1. The molecule has 0 radical (unpaired) electrons. The Morgan fingerprint density at radius 3 is 2.77 bits per heavy atom. The molecule has 0 atom stereocenters. The lowest BCUT2D eigenvalue weighted by atomic mass is 10.5. The molecule has 122 valence electrons. The SMILES string of the molecule is CN=C(NCCCSc1nccs1)NCCn1cccc1.I. The van der Waals surface area contributed by atoms with Gasteiger partial charge in [-0.1, -0.05) is 11.8 Å². The Morgan fingerprint density at radius 2 is 2.09 bits per heavy atom. The Morgan fingerprint density at radius 1 is 1.32 bits per heavy atom. The summed E-state index contributed by atoms with van der Waals surface area (Å²) in [5, 5.41) is 8.65. The highest BCUT2D eigenvalue weighted by atomic mass is 127. The summed E-state index contributed by atoms with van der Waals surface area (Å²) in [5.41, 5.74) is 0. The molecule has 0 unspecified atom stereocenters. The molecule has 2 aromatic heterocycles. The molecule has 0 aliphatic rings. The summed E-state index contributed by atoms with van der Waals surface area (Å²) in [6, 6.07) is 4.07. The fraction of sp³-hybridized carbons (Fsp3) is 0.429. The summed E-state index contributed by atoms with van der Waals surface area (Å²) in [6.45, 7) is 2.72. The zero-order valence-electron chi connectivity index (χ0n) is 12.6. The maximum absolute atomic E-state index is 4.25. The minimum atomic E-state index is 0. The van der Waals surface area contributed by atoms with Gasteiger partial charge in [-0.25, -0.2) is 4.98 Å². The molecule has 0 fully saturated rings. The standard InChI is InChI=1S/C14H21N5S2.HI/c1-15-13(17-6-10-19-8-2-3-9-19)16-5-4-11-20-14-18-7-12-21-14;/h2-3,7-9,12H,4-6,10-11H2,1H3,(H2,15,16,17);1H. The van der Waals surface area contributed by atoms with Crippen molar-refractivity contribution in [1.29, 1.82) is 0 Å². The molecule has 2 N–H and O–H groups in total. The van der Waals surface area contributed by atoms with Crippen molar-refractivity contribution < 1.29 is 0 Å². The maximum atomic E-state index is 4.25. The van der Waals surface area contributed by atoms with Crippen LogP contribution in [0.4, 0.5) is 0 Å². The van der Waals surface area contributed by atoms with Crippen molar-refractivity contribution in [2.24, 2.45) is 4.99 Å². The topological polar surface area (TPSA) is 54.2 Å². The highest BCUT2D eigenvalue weighted by molar-refractivity contribution is 14.0. The lowest BCUT2D eigenvalue weighted by Gasteiger charge is -2.12. The number of aromatic nitrogens is 2. The van der Waals surface area contributed by atoms with E-state index in [1.165, 1.54) is 0 Å². The molecule has 8 heteroatoms. The van der Waals surface area contributed by atoms with E-state index < -0.39 is 0 Å². The third kappa shape index (κ3) is 7.50. The highest BCUT2D eigenvalue weighted by Gasteiger charge is 1.98. The summed E-state index contributed by atoms with van der Waals surface area (Å²) >= 11 is 3.50. The zero-order chi connectivity index (χ0) is 14.8. The van der Waals surface area contributed by atoms with Crippen LogP contribution in [-0.4, -0.2) is 41.4 Å². The number of nitrogens with zero attached hydrogens (tertiary/aromatic N) is 3. The fourth-order valence-corrected chi connectivity index (χ4v) is 3.41. The Hall–Kier alpha value is -0.740. The maximum Gasteiger partial charge on any atom is 0.191 e. The average molecular weight is 451 g/mol. The van der Waals surface area contributed by atoms with E-state index in [9.17, 15) is 0 Å². The number of halogens is 1. The van der Waals surface area contributed by atoms with Crippen LogP contribution in [0.3, 0.4) is 0 Å². The van der Waals surface area contributed by atoms with E-state index in [4.69, 9.17) is 0 Å². The van der Waals surface area contributed by atoms with Gasteiger partial charge < -0.3 is 15.2 Å². The second-order valence-corrected chi connectivity index (χ2v) is 6.58. The van der Waals surface area contributed by atoms with E-state index in [-0.39, 0.29) is 24.0 Å². The first-order chi connectivity index (χ1) is 10.4. The summed E-state index contributed by atoms with van der Waals surface area (Å²) in [6.07, 6.45) is 7.06. The van der Waals surface area contributed by atoms with Crippen LogP contribution in [0.1, 0.15) is 6.42 Å². The second kappa shape index (κ2) is 11.8. The number of thiazole rings is 1. The minimum absolute atomic E-state index is 0. The van der Waals surface area contributed by atoms with Crippen LogP contribution < -0.4 is 10.6 Å². The van der Waals surface area contributed by atoms with Gasteiger partial charge >= 0.3 is 0 Å². The molecule has 0 amide bonds. The molecule has 0 aliphatic carbocycles. The van der Waals surface area contributed by atoms with E-state index in [0.717, 1.165) is 42.1 Å². The molecular weight excluding hydrogens is 429 g/mol. The largest absolute Gasteiger partial charge is 0.356 e. The first-order valence-electron chi connectivity index (χ1n) is 6.96. The van der Waals surface area contributed by atoms with Crippen LogP contribution in [-0.2, 0) is 6.54 Å². The van der Waals surface area contributed by atoms with Crippen LogP contribution in [0.2, 0.25) is 0 Å². The van der Waals surface area contributed by atoms with Gasteiger partial charge in [0, 0.05) is 56.4 Å². The Labute approximate surface area is 157 Å². The van der Waals surface area contributed by atoms with Crippen molar-refractivity contribution in [2.75, 3.05) is 25.9 Å². The second-order valence-electron chi connectivity index (χ2n) is 4.35. The van der Waals surface area contributed by atoms with Gasteiger partial charge in [0.25, 0.3) is 0 Å². The van der Waals surface area contributed by atoms with Crippen molar-refractivity contribution in [3.8, 4) is 0 Å². The molecule has 0 bridgehead atoms. The van der Waals surface area contributed by atoms with Crippen molar-refractivity contribution in [3.63, 3.8) is 0 Å². The molecule has 0 aliphatic heterocycles. The van der Waals surface area contributed by atoms with Gasteiger partial charge in [0.15, 0.2) is 5.96 Å². The third-order valence-corrected chi connectivity index (χ3v) is 4.85. The summed E-state index contributed by atoms with van der Waals surface area (Å²) in [4.78, 5) is 8.48. The Balaban J connectivity index is 0.00000242. The van der Waals surface area contributed by atoms with Crippen LogP contribution >= 0.6 is 47.1 Å². The molecular formula is C14H22IN5S2. The van der Waals surface area contributed by atoms with Crippen molar-refractivity contribution >= 4 is 53.0 Å². The van der Waals surface area contributed by atoms with Gasteiger partial charge in [-0.3, -0.25) is 4.99 Å².